The van der Waals surface area contributed by atoms with Gasteiger partial charge in [-0.15, -0.1) is 0 Å². The van der Waals surface area contributed by atoms with Crippen LogP contribution in [0, 0.1) is 0 Å². The summed E-state index contributed by atoms with van der Waals surface area (Å²) >= 11 is 3.17. The highest BCUT2D eigenvalue weighted by Gasteiger charge is 2.08. The number of aliphatic imine (C=N–C) groups is 1. The lowest BCUT2D eigenvalue weighted by molar-refractivity contribution is -0.132. The lowest BCUT2D eigenvalue weighted by Crippen LogP contribution is -2.07. The van der Waals surface area contributed by atoms with Crippen molar-refractivity contribution in [3.05, 3.63) is 11.4 Å². The number of rotatable bonds is 4. The molecule has 0 saturated heterocycles. The molecule has 0 saturated carbocycles. The van der Waals surface area contributed by atoms with E-state index < -0.39 is 5.97 Å². The summed E-state index contributed by atoms with van der Waals surface area (Å²) < 4.78 is 0.609. The molecule has 0 unspecified atom stereocenters. The minimum Gasteiger partial charge on any atom is -0.476 e. The van der Waals surface area contributed by atoms with Crippen molar-refractivity contribution in [3.63, 3.8) is 0 Å². The van der Waals surface area contributed by atoms with Gasteiger partial charge in [0.25, 0.3) is 0 Å². The van der Waals surface area contributed by atoms with Gasteiger partial charge >= 0.3 is 5.97 Å². The van der Waals surface area contributed by atoms with Crippen LogP contribution < -0.4 is 5.73 Å². The number of hydrogen-bond donors (Lipinski definition) is 2. The van der Waals surface area contributed by atoms with E-state index in [1.807, 2.05) is 6.92 Å². The van der Waals surface area contributed by atoms with Crippen molar-refractivity contribution in [1.29, 1.82) is 0 Å². The topological polar surface area (TPSA) is 75.7 Å². The average molecular weight is 249 g/mol. The van der Waals surface area contributed by atoms with Gasteiger partial charge in [-0.05, 0) is 29.3 Å². The summed E-state index contributed by atoms with van der Waals surface area (Å²) in [7, 11) is 0. The minimum atomic E-state index is -1.10. The Kier molecular flexibility index (Phi) is 5.37. The Balaban J connectivity index is 4.72. The Hall–Kier alpha value is -0.840. The van der Waals surface area contributed by atoms with Crippen molar-refractivity contribution in [2.75, 3.05) is 0 Å². The molecule has 0 aliphatic carbocycles. The molecule has 0 aromatic rings. The zero-order valence-electron chi connectivity index (χ0n) is 7.67. The van der Waals surface area contributed by atoms with Gasteiger partial charge in [0.1, 0.15) is 0 Å². The van der Waals surface area contributed by atoms with E-state index >= 15 is 0 Å². The van der Waals surface area contributed by atoms with Crippen LogP contribution in [-0.2, 0) is 4.79 Å². The molecular weight excluding hydrogens is 236 g/mol. The third-order valence-corrected chi connectivity index (χ3v) is 1.84. The van der Waals surface area contributed by atoms with Crippen LogP contribution in [0.5, 0.6) is 0 Å². The van der Waals surface area contributed by atoms with Crippen molar-refractivity contribution < 1.29 is 9.90 Å². The second-order valence-electron chi connectivity index (χ2n) is 2.57. The molecule has 0 heterocycles. The molecule has 0 fully saturated rings. The fourth-order valence-electron chi connectivity index (χ4n) is 0.688. The van der Waals surface area contributed by atoms with Gasteiger partial charge in [-0.1, -0.05) is 13.3 Å². The van der Waals surface area contributed by atoms with E-state index in [4.69, 9.17) is 10.8 Å². The third-order valence-electron chi connectivity index (χ3n) is 1.27. The van der Waals surface area contributed by atoms with E-state index in [-0.39, 0.29) is 11.4 Å². The smallest absolute Gasteiger partial charge is 0.356 e. The number of carboxylic acids is 1. The number of carbonyl (C=O) groups is 1. The molecule has 0 spiro atoms. The van der Waals surface area contributed by atoms with Crippen LogP contribution in [0.1, 0.15) is 26.7 Å². The number of aliphatic carboxylic acids is 1. The van der Waals surface area contributed by atoms with Crippen LogP contribution in [0.2, 0.25) is 0 Å². The predicted molar refractivity (Wildman–Crippen MR) is 55.8 cm³/mol. The molecule has 5 heteroatoms. The maximum absolute atomic E-state index is 10.6. The molecule has 0 aromatic carbocycles. The molecule has 3 N–H and O–H groups in total. The van der Waals surface area contributed by atoms with Gasteiger partial charge in [0.15, 0.2) is 5.70 Å². The summed E-state index contributed by atoms with van der Waals surface area (Å²) in [6.07, 6.45) is 1.62. The van der Waals surface area contributed by atoms with Crippen LogP contribution in [0.3, 0.4) is 0 Å². The second-order valence-corrected chi connectivity index (χ2v) is 3.49. The molecule has 0 radical (unpaired) electrons. The van der Waals surface area contributed by atoms with Crippen molar-refractivity contribution in [2.45, 2.75) is 26.7 Å². The number of halogens is 1. The normalized spacial score (nSPS) is 13.9. The molecule has 0 amide bonds. The van der Waals surface area contributed by atoms with Gasteiger partial charge in [-0.3, -0.25) is 0 Å². The molecule has 0 aliphatic heterocycles. The van der Waals surface area contributed by atoms with E-state index in [0.29, 0.717) is 11.0 Å². The summed E-state index contributed by atoms with van der Waals surface area (Å²) in [5.74, 6) is -1.10. The Morgan fingerprint density at radius 1 is 1.62 bits per heavy atom. The first-order valence-electron chi connectivity index (χ1n) is 3.91. The first-order valence-corrected chi connectivity index (χ1v) is 4.71. The fourth-order valence-corrected chi connectivity index (χ4v) is 1.26. The van der Waals surface area contributed by atoms with Crippen LogP contribution in [0.4, 0.5) is 0 Å². The predicted octanol–water partition coefficient (Wildman–Crippen LogP) is 1.85. The highest BCUT2D eigenvalue weighted by Crippen LogP contribution is 2.07. The Bertz CT molecular complexity index is 255. The SMILES string of the molecule is CCCC(Br)=N/C(C(=O)O)=C(\C)N. The zero-order chi connectivity index (χ0) is 10.4. The Morgan fingerprint density at radius 3 is 2.46 bits per heavy atom. The van der Waals surface area contributed by atoms with Gasteiger partial charge in [-0.2, -0.15) is 0 Å². The molecule has 4 nitrogen and oxygen atoms in total. The molecular formula is C8H13BrN2O2. The van der Waals surface area contributed by atoms with Gasteiger partial charge in [0.2, 0.25) is 0 Å². The van der Waals surface area contributed by atoms with Crippen molar-refractivity contribution in [2.24, 2.45) is 10.7 Å². The van der Waals surface area contributed by atoms with E-state index in [1.165, 1.54) is 6.92 Å². The molecule has 0 atom stereocenters. The van der Waals surface area contributed by atoms with E-state index in [0.717, 1.165) is 6.42 Å². The number of carboxylic acid groups (broad SMARTS) is 1. The summed E-state index contributed by atoms with van der Waals surface area (Å²) in [4.78, 5) is 14.5. The van der Waals surface area contributed by atoms with E-state index in [2.05, 4.69) is 20.9 Å². The van der Waals surface area contributed by atoms with Gasteiger partial charge in [-0.25, -0.2) is 9.79 Å². The third kappa shape index (κ3) is 4.67. The van der Waals surface area contributed by atoms with Crippen molar-refractivity contribution in [1.82, 2.24) is 0 Å². The molecule has 0 aliphatic rings. The Morgan fingerprint density at radius 2 is 2.15 bits per heavy atom. The first-order chi connectivity index (χ1) is 5.99. The minimum absolute atomic E-state index is 0.0969. The molecule has 0 aromatic heterocycles. The quantitative estimate of drug-likeness (QED) is 0.589. The van der Waals surface area contributed by atoms with Crippen LogP contribution in [0.15, 0.2) is 16.4 Å². The number of allylic oxidation sites excluding steroid dienone is 1. The standard InChI is InChI=1S/C8H13BrN2O2/c1-3-4-6(9)11-7(5(2)10)8(12)13/h3-4,10H2,1-2H3,(H,12,13)/b7-5+,11-6?. The highest BCUT2D eigenvalue weighted by molar-refractivity contribution is 9.18. The summed E-state index contributed by atoms with van der Waals surface area (Å²) in [5, 5.41) is 8.69. The van der Waals surface area contributed by atoms with Crippen molar-refractivity contribution in [3.8, 4) is 0 Å². The molecule has 0 rings (SSSR count). The fraction of sp³-hybridized carbons (Fsp3) is 0.500. The molecule has 0 bridgehead atoms. The number of hydrogen-bond acceptors (Lipinski definition) is 3. The lowest BCUT2D eigenvalue weighted by atomic mass is 10.3. The van der Waals surface area contributed by atoms with E-state index in [9.17, 15) is 4.79 Å². The van der Waals surface area contributed by atoms with Crippen LogP contribution in [0.25, 0.3) is 0 Å². The largest absolute Gasteiger partial charge is 0.476 e. The highest BCUT2D eigenvalue weighted by atomic mass is 79.9. The summed E-state index contributed by atoms with van der Waals surface area (Å²) in [6.45, 7) is 3.50. The van der Waals surface area contributed by atoms with Gasteiger partial charge in [0.05, 0.1) is 4.62 Å². The van der Waals surface area contributed by atoms with Gasteiger partial charge in [0, 0.05) is 5.70 Å². The van der Waals surface area contributed by atoms with Crippen LogP contribution >= 0.6 is 15.9 Å². The molecule has 74 valence electrons. The number of nitrogens with two attached hydrogens (primary N) is 1. The van der Waals surface area contributed by atoms with Gasteiger partial charge < -0.3 is 10.8 Å². The number of nitrogens with zero attached hydrogens (tertiary/aromatic N) is 1. The zero-order valence-corrected chi connectivity index (χ0v) is 9.26. The average Bonchev–Trinajstić information content (AvgIpc) is 1.99. The maximum atomic E-state index is 10.6. The Labute approximate surface area is 85.7 Å². The van der Waals surface area contributed by atoms with Crippen molar-refractivity contribution >= 4 is 26.5 Å². The second kappa shape index (κ2) is 5.75. The maximum Gasteiger partial charge on any atom is 0.356 e. The van der Waals surface area contributed by atoms with E-state index in [1.54, 1.807) is 0 Å². The summed E-state index contributed by atoms with van der Waals surface area (Å²) in [5.41, 5.74) is 5.46. The van der Waals surface area contributed by atoms with Crippen LogP contribution in [-0.4, -0.2) is 15.7 Å². The first kappa shape index (κ1) is 12.2. The molecule has 13 heavy (non-hydrogen) atoms. The summed E-state index contributed by atoms with van der Waals surface area (Å²) in [6, 6.07) is 0. The monoisotopic (exact) mass is 248 g/mol. The lowest BCUT2D eigenvalue weighted by Gasteiger charge is -1.99.